The lowest BCUT2D eigenvalue weighted by Gasteiger charge is -2.44. The summed E-state index contributed by atoms with van der Waals surface area (Å²) in [4.78, 5) is 0. The van der Waals surface area contributed by atoms with E-state index in [0.29, 0.717) is 11.4 Å². The number of methoxy groups -OCH3 is 3. The van der Waals surface area contributed by atoms with Crippen LogP contribution in [0, 0.1) is 0 Å². The summed E-state index contributed by atoms with van der Waals surface area (Å²) < 4.78 is 27.9. The van der Waals surface area contributed by atoms with Gasteiger partial charge < -0.3 is 34.5 Å². The molecule has 1 heterocycles. The first kappa shape index (κ1) is 17.0. The Kier molecular flexibility index (Phi) is 5.98. The van der Waals surface area contributed by atoms with Crippen molar-refractivity contribution in [3.05, 3.63) is 24.3 Å². The van der Waals surface area contributed by atoms with Crippen LogP contribution < -0.4 is 10.5 Å². The van der Waals surface area contributed by atoms with Gasteiger partial charge in [0.25, 0.3) is 0 Å². The Labute approximate surface area is 129 Å². The van der Waals surface area contributed by atoms with Crippen LogP contribution in [0.3, 0.4) is 0 Å². The van der Waals surface area contributed by atoms with Gasteiger partial charge in [-0.3, -0.25) is 0 Å². The summed E-state index contributed by atoms with van der Waals surface area (Å²) >= 11 is 0. The van der Waals surface area contributed by atoms with Gasteiger partial charge >= 0.3 is 0 Å². The average molecular weight is 313 g/mol. The van der Waals surface area contributed by atoms with Crippen molar-refractivity contribution in [2.24, 2.45) is 0 Å². The Morgan fingerprint density at radius 2 is 1.59 bits per heavy atom. The molecule has 5 atom stereocenters. The molecule has 2 rings (SSSR count). The first-order valence-electron chi connectivity index (χ1n) is 7.01. The lowest BCUT2D eigenvalue weighted by atomic mass is 9.98. The minimum atomic E-state index is -0.734. The predicted octanol–water partition coefficient (Wildman–Crippen LogP) is 0.410. The van der Waals surface area contributed by atoms with Crippen molar-refractivity contribution in [3.63, 3.8) is 0 Å². The summed E-state index contributed by atoms with van der Waals surface area (Å²) in [6, 6.07) is 6.94. The lowest BCUT2D eigenvalue weighted by Crippen LogP contribution is -2.61. The van der Waals surface area contributed by atoms with E-state index in [1.807, 2.05) is 0 Å². The number of rotatable bonds is 6. The number of hydrogen-bond acceptors (Lipinski definition) is 7. The third-order valence-electron chi connectivity index (χ3n) is 3.72. The van der Waals surface area contributed by atoms with E-state index in [2.05, 4.69) is 0 Å². The number of benzene rings is 1. The molecule has 1 aliphatic heterocycles. The molecule has 0 aliphatic carbocycles. The molecular weight excluding hydrogens is 290 g/mol. The van der Waals surface area contributed by atoms with Crippen LogP contribution >= 0.6 is 0 Å². The van der Waals surface area contributed by atoms with Gasteiger partial charge in [0.2, 0.25) is 6.29 Å². The maximum Gasteiger partial charge on any atom is 0.229 e. The molecule has 1 aliphatic rings. The standard InChI is InChI=1S/C15H23NO6/c1-18-12-11(8-17)22-15(14(20-3)13(12)19-2)21-10-6-4-9(16)5-7-10/h4-7,11-15,17H,8,16H2,1-3H3. The van der Waals surface area contributed by atoms with E-state index >= 15 is 0 Å². The second-order valence-corrected chi connectivity index (χ2v) is 5.01. The lowest BCUT2D eigenvalue weighted by molar-refractivity contribution is -0.291. The molecule has 0 saturated carbocycles. The number of nitrogen functional groups attached to an aromatic ring is 1. The molecule has 1 aromatic carbocycles. The van der Waals surface area contributed by atoms with Crippen molar-refractivity contribution in [1.29, 1.82) is 0 Å². The highest BCUT2D eigenvalue weighted by molar-refractivity contribution is 5.41. The smallest absolute Gasteiger partial charge is 0.229 e. The highest BCUT2D eigenvalue weighted by Crippen LogP contribution is 2.29. The van der Waals surface area contributed by atoms with Gasteiger partial charge in [-0.05, 0) is 24.3 Å². The average Bonchev–Trinajstić information content (AvgIpc) is 2.55. The van der Waals surface area contributed by atoms with Gasteiger partial charge in [0.1, 0.15) is 30.2 Å². The van der Waals surface area contributed by atoms with E-state index in [1.54, 1.807) is 38.5 Å². The highest BCUT2D eigenvalue weighted by Gasteiger charge is 2.48. The summed E-state index contributed by atoms with van der Waals surface area (Å²) in [5, 5.41) is 9.51. The fourth-order valence-corrected chi connectivity index (χ4v) is 2.60. The van der Waals surface area contributed by atoms with Gasteiger partial charge in [-0.2, -0.15) is 0 Å². The maximum absolute atomic E-state index is 9.51. The number of aliphatic hydroxyl groups excluding tert-OH is 1. The van der Waals surface area contributed by atoms with Crippen molar-refractivity contribution in [2.75, 3.05) is 33.7 Å². The third-order valence-corrected chi connectivity index (χ3v) is 3.72. The van der Waals surface area contributed by atoms with Crippen LogP contribution in [0.15, 0.2) is 24.3 Å². The Bertz CT molecular complexity index is 454. The van der Waals surface area contributed by atoms with E-state index in [-0.39, 0.29) is 6.61 Å². The third kappa shape index (κ3) is 3.50. The molecule has 22 heavy (non-hydrogen) atoms. The number of anilines is 1. The molecule has 0 amide bonds. The zero-order valence-corrected chi connectivity index (χ0v) is 13.0. The largest absolute Gasteiger partial charge is 0.462 e. The van der Waals surface area contributed by atoms with Crippen LogP contribution in [-0.4, -0.2) is 63.7 Å². The van der Waals surface area contributed by atoms with Crippen LogP contribution in [0.5, 0.6) is 5.75 Å². The van der Waals surface area contributed by atoms with Crippen molar-refractivity contribution in [2.45, 2.75) is 30.7 Å². The van der Waals surface area contributed by atoms with E-state index in [4.69, 9.17) is 29.4 Å². The fourth-order valence-electron chi connectivity index (χ4n) is 2.60. The van der Waals surface area contributed by atoms with E-state index in [0.717, 1.165) is 0 Å². The Balaban J connectivity index is 2.19. The zero-order chi connectivity index (χ0) is 16.1. The summed E-state index contributed by atoms with van der Waals surface area (Å²) in [6.45, 7) is -0.212. The molecule has 0 radical (unpaired) electrons. The summed E-state index contributed by atoms with van der Waals surface area (Å²) in [7, 11) is 4.64. The molecule has 0 bridgehead atoms. The van der Waals surface area contributed by atoms with Crippen LogP contribution in [-0.2, 0) is 18.9 Å². The van der Waals surface area contributed by atoms with Crippen molar-refractivity contribution >= 4 is 5.69 Å². The minimum Gasteiger partial charge on any atom is -0.462 e. The van der Waals surface area contributed by atoms with E-state index in [9.17, 15) is 5.11 Å². The van der Waals surface area contributed by atoms with Crippen molar-refractivity contribution in [1.82, 2.24) is 0 Å². The van der Waals surface area contributed by atoms with Gasteiger partial charge in [-0.25, -0.2) is 0 Å². The number of nitrogens with two attached hydrogens (primary N) is 1. The first-order chi connectivity index (χ1) is 10.6. The first-order valence-corrected chi connectivity index (χ1v) is 7.01. The molecule has 124 valence electrons. The minimum absolute atomic E-state index is 0.212. The van der Waals surface area contributed by atoms with Gasteiger partial charge in [0.05, 0.1) is 6.61 Å². The highest BCUT2D eigenvalue weighted by atomic mass is 16.7. The van der Waals surface area contributed by atoms with Crippen LogP contribution in [0.4, 0.5) is 5.69 Å². The number of ether oxygens (including phenoxy) is 5. The number of aliphatic hydroxyl groups is 1. The SMILES string of the molecule is COC1C(CO)OC(Oc2ccc(N)cc2)C(OC)C1OC. The molecular formula is C15H23NO6. The van der Waals surface area contributed by atoms with E-state index < -0.39 is 30.7 Å². The molecule has 7 heteroatoms. The second kappa shape index (κ2) is 7.75. The number of hydrogen-bond donors (Lipinski definition) is 2. The molecule has 1 fully saturated rings. The van der Waals surface area contributed by atoms with Crippen molar-refractivity contribution in [3.8, 4) is 5.75 Å². The Morgan fingerprint density at radius 3 is 2.09 bits per heavy atom. The molecule has 0 spiro atoms. The van der Waals surface area contributed by atoms with Gasteiger partial charge in [-0.1, -0.05) is 0 Å². The van der Waals surface area contributed by atoms with Crippen LogP contribution in [0.1, 0.15) is 0 Å². The Morgan fingerprint density at radius 1 is 1.00 bits per heavy atom. The van der Waals surface area contributed by atoms with Crippen LogP contribution in [0.25, 0.3) is 0 Å². The molecule has 0 aromatic heterocycles. The second-order valence-electron chi connectivity index (χ2n) is 5.01. The summed E-state index contributed by atoms with van der Waals surface area (Å²) in [5.41, 5.74) is 6.30. The van der Waals surface area contributed by atoms with E-state index in [1.165, 1.54) is 7.11 Å². The molecule has 7 nitrogen and oxygen atoms in total. The van der Waals surface area contributed by atoms with Gasteiger partial charge in [-0.15, -0.1) is 0 Å². The molecule has 3 N–H and O–H groups in total. The normalized spacial score (nSPS) is 31.9. The van der Waals surface area contributed by atoms with Gasteiger partial charge in [0, 0.05) is 27.0 Å². The molecule has 1 aromatic rings. The summed E-state index contributed by atoms with van der Waals surface area (Å²) in [6.07, 6.45) is -2.69. The topological polar surface area (TPSA) is 92.4 Å². The predicted molar refractivity (Wildman–Crippen MR) is 79.6 cm³/mol. The van der Waals surface area contributed by atoms with Crippen molar-refractivity contribution < 1.29 is 28.8 Å². The summed E-state index contributed by atoms with van der Waals surface area (Å²) in [5.74, 6) is 0.587. The Hall–Kier alpha value is -1.38. The van der Waals surface area contributed by atoms with Gasteiger partial charge in [0.15, 0.2) is 0 Å². The molecule has 1 saturated heterocycles. The fraction of sp³-hybridized carbons (Fsp3) is 0.600. The molecule has 5 unspecified atom stereocenters. The quantitative estimate of drug-likeness (QED) is 0.735. The maximum atomic E-state index is 9.51. The zero-order valence-electron chi connectivity index (χ0n) is 13.0. The monoisotopic (exact) mass is 313 g/mol. The van der Waals surface area contributed by atoms with Crippen LogP contribution in [0.2, 0.25) is 0 Å².